The maximum Gasteiger partial charge on any atom is 0.327 e. The first-order valence-electron chi connectivity index (χ1n) is 7.12. The summed E-state index contributed by atoms with van der Waals surface area (Å²) >= 11 is 0. The number of nitrogens with zero attached hydrogens (tertiary/aromatic N) is 3. The molecule has 7 heteroatoms. The third-order valence-electron chi connectivity index (χ3n) is 3.58. The van der Waals surface area contributed by atoms with Crippen molar-refractivity contribution in [3.8, 4) is 12.0 Å². The van der Waals surface area contributed by atoms with Gasteiger partial charge in [0.2, 0.25) is 0 Å². The molecular formula is C16H17N5O2. The Balaban J connectivity index is 2.20. The van der Waals surface area contributed by atoms with Crippen LogP contribution >= 0.6 is 0 Å². The molecule has 0 aliphatic carbocycles. The van der Waals surface area contributed by atoms with E-state index in [-0.39, 0.29) is 0 Å². The Hall–Kier alpha value is -3.14. The number of aromatic amines is 2. The second kappa shape index (κ2) is 5.57. The highest BCUT2D eigenvalue weighted by molar-refractivity contribution is 5.90. The van der Waals surface area contributed by atoms with Crippen molar-refractivity contribution in [2.75, 3.05) is 37.5 Å². The molecule has 0 radical (unpaired) electrons. The standard InChI is InChI=1S/C16H17N5O2/c1-19(2)9-6-10-21-12-8-5-4-7-11(12)20(3)14-13(21)15(22)18-16(23)17-14/h4-5,7-8H,10H2,1-3H3,(H2,17,18,22,23). The number of hydrogen-bond acceptors (Lipinski definition) is 5. The first kappa shape index (κ1) is 14.8. The molecule has 7 nitrogen and oxygen atoms in total. The van der Waals surface area contributed by atoms with Crippen LogP contribution in [0.1, 0.15) is 0 Å². The van der Waals surface area contributed by atoms with Gasteiger partial charge in [0.1, 0.15) is 11.5 Å². The van der Waals surface area contributed by atoms with Gasteiger partial charge in [0.15, 0.2) is 0 Å². The van der Waals surface area contributed by atoms with Gasteiger partial charge >= 0.3 is 5.69 Å². The number of benzene rings is 1. The number of anilines is 4. The molecule has 23 heavy (non-hydrogen) atoms. The van der Waals surface area contributed by atoms with Gasteiger partial charge in [0, 0.05) is 27.2 Å². The predicted molar refractivity (Wildman–Crippen MR) is 90.7 cm³/mol. The lowest BCUT2D eigenvalue weighted by Crippen LogP contribution is -2.37. The zero-order chi connectivity index (χ0) is 16.6. The number of hydrogen-bond donors (Lipinski definition) is 2. The molecule has 2 N–H and O–H groups in total. The minimum atomic E-state index is -0.528. The predicted octanol–water partition coefficient (Wildman–Crippen LogP) is 0.805. The van der Waals surface area contributed by atoms with Gasteiger partial charge < -0.3 is 14.7 Å². The van der Waals surface area contributed by atoms with E-state index in [1.54, 1.807) is 9.80 Å². The molecule has 1 aliphatic rings. The van der Waals surface area contributed by atoms with Crippen molar-refractivity contribution in [2.24, 2.45) is 0 Å². The molecule has 0 unspecified atom stereocenters. The number of H-pyrrole nitrogens is 2. The van der Waals surface area contributed by atoms with E-state index in [4.69, 9.17) is 0 Å². The van der Waals surface area contributed by atoms with E-state index < -0.39 is 11.2 Å². The van der Waals surface area contributed by atoms with Crippen molar-refractivity contribution < 1.29 is 0 Å². The largest absolute Gasteiger partial charge is 0.339 e. The zero-order valence-corrected chi connectivity index (χ0v) is 13.2. The molecule has 1 aliphatic heterocycles. The SMILES string of the molecule is CN(C)C#CCN1c2ccccc2N(C)c2[nH]c(=O)[nH]c(=O)c21. The number of fused-ring (bicyclic) bond motifs is 2. The van der Waals surface area contributed by atoms with Gasteiger partial charge in [-0.15, -0.1) is 0 Å². The van der Waals surface area contributed by atoms with Crippen LogP contribution in [-0.4, -0.2) is 42.6 Å². The molecule has 3 rings (SSSR count). The van der Waals surface area contributed by atoms with Crippen LogP contribution in [0.15, 0.2) is 33.9 Å². The molecule has 0 fully saturated rings. The first-order valence-corrected chi connectivity index (χ1v) is 7.12. The Morgan fingerprint density at radius 2 is 1.83 bits per heavy atom. The smallest absolute Gasteiger partial charge is 0.327 e. The highest BCUT2D eigenvalue weighted by atomic mass is 16.2. The van der Waals surface area contributed by atoms with Gasteiger partial charge in [-0.2, -0.15) is 0 Å². The van der Waals surface area contributed by atoms with Gasteiger partial charge in [-0.25, -0.2) is 4.79 Å². The van der Waals surface area contributed by atoms with Gasteiger partial charge in [-0.05, 0) is 12.1 Å². The first-order chi connectivity index (χ1) is 11.0. The molecule has 0 spiro atoms. The third kappa shape index (κ3) is 2.55. The normalized spacial score (nSPS) is 12.1. The Kier molecular flexibility index (Phi) is 3.58. The molecule has 0 atom stereocenters. The number of nitrogens with one attached hydrogen (secondary N) is 2. The summed E-state index contributed by atoms with van der Waals surface area (Å²) in [7, 11) is 5.52. The van der Waals surface area contributed by atoms with Crippen molar-refractivity contribution in [2.45, 2.75) is 0 Å². The van der Waals surface area contributed by atoms with Crippen LogP contribution in [0, 0.1) is 12.0 Å². The number of para-hydroxylation sites is 2. The van der Waals surface area contributed by atoms with E-state index in [1.807, 2.05) is 50.3 Å². The number of rotatable bonds is 1. The molecular weight excluding hydrogens is 294 g/mol. The lowest BCUT2D eigenvalue weighted by Gasteiger charge is -2.35. The average molecular weight is 311 g/mol. The molecule has 2 aromatic rings. The molecule has 0 bridgehead atoms. The van der Waals surface area contributed by atoms with Crippen LogP contribution in [0.3, 0.4) is 0 Å². The summed E-state index contributed by atoms with van der Waals surface area (Å²) in [5, 5.41) is 0. The van der Waals surface area contributed by atoms with E-state index in [9.17, 15) is 9.59 Å². The van der Waals surface area contributed by atoms with Crippen molar-refractivity contribution in [3.05, 3.63) is 45.1 Å². The van der Waals surface area contributed by atoms with E-state index >= 15 is 0 Å². The summed E-state index contributed by atoms with van der Waals surface area (Å²) in [6, 6.07) is 10.6. The van der Waals surface area contributed by atoms with Crippen molar-refractivity contribution >= 4 is 22.9 Å². The quantitative estimate of drug-likeness (QED) is 0.602. The second-order valence-corrected chi connectivity index (χ2v) is 5.42. The van der Waals surface area contributed by atoms with Gasteiger partial charge in [0.25, 0.3) is 5.56 Å². The summed E-state index contributed by atoms with van der Waals surface area (Å²) in [6.45, 7) is 0.338. The Labute approximate surface area is 133 Å². The molecule has 0 saturated heterocycles. The van der Waals surface area contributed by atoms with E-state index in [2.05, 4.69) is 21.9 Å². The summed E-state index contributed by atoms with van der Waals surface area (Å²) < 4.78 is 0. The average Bonchev–Trinajstić information content (AvgIpc) is 2.50. The van der Waals surface area contributed by atoms with Crippen LogP contribution in [-0.2, 0) is 0 Å². The zero-order valence-electron chi connectivity index (χ0n) is 13.2. The third-order valence-corrected chi connectivity index (χ3v) is 3.58. The fourth-order valence-electron chi connectivity index (χ4n) is 2.61. The lowest BCUT2D eigenvalue weighted by molar-refractivity contribution is 0.597. The van der Waals surface area contributed by atoms with Crippen LogP contribution in [0.5, 0.6) is 0 Å². The topological polar surface area (TPSA) is 75.4 Å². The van der Waals surface area contributed by atoms with E-state index in [0.717, 1.165) is 11.4 Å². The molecule has 118 valence electrons. The second-order valence-electron chi connectivity index (χ2n) is 5.42. The monoisotopic (exact) mass is 311 g/mol. The van der Waals surface area contributed by atoms with Crippen LogP contribution in [0.4, 0.5) is 22.9 Å². The van der Waals surface area contributed by atoms with Crippen LogP contribution in [0.25, 0.3) is 0 Å². The molecule has 0 saturated carbocycles. The summed E-state index contributed by atoms with van der Waals surface area (Å²) in [5.74, 6) is 3.49. The minimum absolute atomic E-state index is 0.338. The fourth-order valence-corrected chi connectivity index (χ4v) is 2.61. The molecule has 1 aromatic heterocycles. The maximum absolute atomic E-state index is 12.3. The van der Waals surface area contributed by atoms with Crippen molar-refractivity contribution in [1.29, 1.82) is 0 Å². The van der Waals surface area contributed by atoms with E-state index in [1.165, 1.54) is 0 Å². The van der Waals surface area contributed by atoms with Gasteiger partial charge in [-0.3, -0.25) is 14.8 Å². The molecule has 0 amide bonds. The maximum atomic E-state index is 12.3. The lowest BCUT2D eigenvalue weighted by atomic mass is 10.1. The Morgan fingerprint density at radius 1 is 1.13 bits per heavy atom. The Bertz CT molecular complexity index is 916. The van der Waals surface area contributed by atoms with Gasteiger partial charge in [0.05, 0.1) is 17.9 Å². The Morgan fingerprint density at radius 3 is 2.52 bits per heavy atom. The minimum Gasteiger partial charge on any atom is -0.339 e. The molecule has 1 aromatic carbocycles. The van der Waals surface area contributed by atoms with E-state index in [0.29, 0.717) is 18.1 Å². The highest BCUT2D eigenvalue weighted by Gasteiger charge is 2.29. The van der Waals surface area contributed by atoms with Crippen LogP contribution in [0.2, 0.25) is 0 Å². The van der Waals surface area contributed by atoms with Gasteiger partial charge in [-0.1, -0.05) is 18.1 Å². The van der Waals surface area contributed by atoms with Crippen molar-refractivity contribution in [1.82, 2.24) is 14.9 Å². The fraction of sp³-hybridized carbons (Fsp3) is 0.250. The molecule has 2 heterocycles. The van der Waals surface area contributed by atoms with Crippen LogP contribution < -0.4 is 21.0 Å². The van der Waals surface area contributed by atoms with Crippen molar-refractivity contribution in [3.63, 3.8) is 0 Å². The number of aromatic nitrogens is 2. The summed E-state index contributed by atoms with van der Waals surface area (Å²) in [5.41, 5.74) is 1.19. The summed E-state index contributed by atoms with van der Waals surface area (Å²) in [6.07, 6.45) is 0. The summed E-state index contributed by atoms with van der Waals surface area (Å²) in [4.78, 5) is 34.3. The highest BCUT2D eigenvalue weighted by Crippen LogP contribution is 2.43.